The van der Waals surface area contributed by atoms with E-state index in [2.05, 4.69) is 12.2 Å². The van der Waals surface area contributed by atoms with Gasteiger partial charge in [0.1, 0.15) is 10.8 Å². The Morgan fingerprint density at radius 3 is 2.62 bits per heavy atom. The predicted octanol–water partition coefficient (Wildman–Crippen LogP) is 3.77. The van der Waals surface area contributed by atoms with Crippen molar-refractivity contribution in [3.05, 3.63) is 46.3 Å². The number of nitrogens with one attached hydrogen (secondary N) is 1. The summed E-state index contributed by atoms with van der Waals surface area (Å²) >= 11 is 1.46. The van der Waals surface area contributed by atoms with E-state index in [9.17, 15) is 9.59 Å². The van der Waals surface area contributed by atoms with E-state index in [1.165, 1.54) is 11.3 Å². The number of fused-ring (bicyclic) bond motifs is 1. The smallest absolute Gasteiger partial charge is 0.268 e. The topological polar surface area (TPSA) is 81.4 Å². The van der Waals surface area contributed by atoms with Gasteiger partial charge in [0, 0.05) is 4.88 Å². The maximum atomic E-state index is 12.8. The highest BCUT2D eigenvalue weighted by Crippen LogP contribution is 2.39. The molecule has 1 unspecified atom stereocenters. The second kappa shape index (κ2) is 7.11. The second-order valence-electron chi connectivity index (χ2n) is 7.30. The summed E-state index contributed by atoms with van der Waals surface area (Å²) in [6.07, 6.45) is 2.77. The Labute approximate surface area is 157 Å². The van der Waals surface area contributed by atoms with Crippen molar-refractivity contribution in [3.8, 4) is 5.75 Å². The maximum absolute atomic E-state index is 12.8. The first-order valence-corrected chi connectivity index (χ1v) is 9.59. The monoisotopic (exact) mass is 372 g/mol. The SMILES string of the molecule is CC1CCc2c(sc(NC(=O)C(C)(C)Oc3ccccc3)c2C(N)=O)C1. The van der Waals surface area contributed by atoms with Gasteiger partial charge in [-0.2, -0.15) is 0 Å². The molecule has 6 heteroatoms. The van der Waals surface area contributed by atoms with Crippen molar-refractivity contribution >= 4 is 28.2 Å². The molecule has 1 aromatic carbocycles. The Kier molecular flexibility index (Phi) is 5.05. The van der Waals surface area contributed by atoms with Crippen molar-refractivity contribution in [2.75, 3.05) is 5.32 Å². The summed E-state index contributed by atoms with van der Waals surface area (Å²) in [4.78, 5) is 26.0. The number of primary amides is 1. The van der Waals surface area contributed by atoms with Gasteiger partial charge < -0.3 is 15.8 Å². The molecule has 1 aromatic heterocycles. The zero-order chi connectivity index (χ0) is 18.9. The fraction of sp³-hybridized carbons (Fsp3) is 0.400. The molecule has 138 valence electrons. The third kappa shape index (κ3) is 3.75. The highest BCUT2D eigenvalue weighted by Gasteiger charge is 2.33. The number of hydrogen-bond donors (Lipinski definition) is 2. The van der Waals surface area contributed by atoms with Crippen molar-refractivity contribution in [2.45, 2.75) is 45.6 Å². The van der Waals surface area contributed by atoms with Crippen LogP contribution in [0.3, 0.4) is 0 Å². The van der Waals surface area contributed by atoms with Crippen LogP contribution in [0, 0.1) is 5.92 Å². The third-order valence-corrected chi connectivity index (χ3v) is 5.82. The molecule has 0 saturated carbocycles. The van der Waals surface area contributed by atoms with Crippen LogP contribution < -0.4 is 15.8 Å². The molecule has 2 amide bonds. The van der Waals surface area contributed by atoms with Gasteiger partial charge in [-0.05, 0) is 56.7 Å². The summed E-state index contributed by atoms with van der Waals surface area (Å²) in [5.74, 6) is 0.384. The summed E-state index contributed by atoms with van der Waals surface area (Å²) in [5.41, 5.74) is 5.98. The lowest BCUT2D eigenvalue weighted by atomic mass is 9.88. The molecule has 3 N–H and O–H groups in total. The number of nitrogens with two attached hydrogens (primary N) is 1. The van der Waals surface area contributed by atoms with Crippen LogP contribution in [0.4, 0.5) is 5.00 Å². The normalized spacial score (nSPS) is 16.7. The van der Waals surface area contributed by atoms with Crippen LogP contribution in [0.15, 0.2) is 30.3 Å². The molecule has 2 aromatic rings. The number of hydrogen-bond acceptors (Lipinski definition) is 4. The van der Waals surface area contributed by atoms with Crippen molar-refractivity contribution < 1.29 is 14.3 Å². The molecular weight excluding hydrogens is 348 g/mol. The fourth-order valence-corrected chi connectivity index (χ4v) is 4.59. The van der Waals surface area contributed by atoms with Gasteiger partial charge in [0.2, 0.25) is 0 Å². The molecule has 0 radical (unpaired) electrons. The Hall–Kier alpha value is -2.34. The van der Waals surface area contributed by atoms with E-state index in [4.69, 9.17) is 10.5 Å². The highest BCUT2D eigenvalue weighted by atomic mass is 32.1. The Bertz CT molecular complexity index is 827. The summed E-state index contributed by atoms with van der Waals surface area (Å²) in [6.45, 7) is 5.60. The lowest BCUT2D eigenvalue weighted by Gasteiger charge is -2.25. The van der Waals surface area contributed by atoms with Crippen LogP contribution in [0.1, 0.15) is 48.0 Å². The second-order valence-corrected chi connectivity index (χ2v) is 8.40. The van der Waals surface area contributed by atoms with Gasteiger partial charge in [-0.25, -0.2) is 0 Å². The summed E-state index contributed by atoms with van der Waals surface area (Å²) < 4.78 is 5.83. The minimum absolute atomic E-state index is 0.310. The van der Waals surface area contributed by atoms with Crippen molar-refractivity contribution in [1.29, 1.82) is 0 Å². The number of para-hydroxylation sites is 1. The average Bonchev–Trinajstić information content (AvgIpc) is 2.92. The fourth-order valence-electron chi connectivity index (χ4n) is 3.18. The molecule has 1 aliphatic rings. The summed E-state index contributed by atoms with van der Waals surface area (Å²) in [5, 5.41) is 3.41. The molecule has 3 rings (SSSR count). The number of carbonyl (C=O) groups is 2. The van der Waals surface area contributed by atoms with E-state index >= 15 is 0 Å². The Morgan fingerprint density at radius 1 is 1.27 bits per heavy atom. The summed E-state index contributed by atoms with van der Waals surface area (Å²) in [6, 6.07) is 9.19. The molecule has 0 fully saturated rings. The van der Waals surface area contributed by atoms with Gasteiger partial charge in [0.25, 0.3) is 11.8 Å². The van der Waals surface area contributed by atoms with Crippen LogP contribution >= 0.6 is 11.3 Å². The molecule has 0 saturated heterocycles. The van der Waals surface area contributed by atoms with E-state index in [1.54, 1.807) is 26.0 Å². The molecular formula is C20H24N2O3S. The van der Waals surface area contributed by atoms with Gasteiger partial charge in [-0.3, -0.25) is 9.59 Å². The molecule has 0 bridgehead atoms. The van der Waals surface area contributed by atoms with Crippen LogP contribution in [-0.2, 0) is 17.6 Å². The minimum Gasteiger partial charge on any atom is -0.478 e. The number of thiophene rings is 1. The van der Waals surface area contributed by atoms with Gasteiger partial charge in [-0.1, -0.05) is 25.1 Å². The van der Waals surface area contributed by atoms with Crippen LogP contribution in [-0.4, -0.2) is 17.4 Å². The molecule has 0 aliphatic heterocycles. The van der Waals surface area contributed by atoms with Gasteiger partial charge in [-0.15, -0.1) is 11.3 Å². The lowest BCUT2D eigenvalue weighted by molar-refractivity contribution is -0.128. The standard InChI is InChI=1S/C20H24N2O3S/c1-12-9-10-14-15(11-12)26-18(16(14)17(21)23)22-19(24)20(2,3)25-13-7-5-4-6-8-13/h4-8,12H,9-11H2,1-3H3,(H2,21,23)(H,22,24). The molecule has 1 atom stereocenters. The first kappa shape index (κ1) is 18.5. The molecule has 26 heavy (non-hydrogen) atoms. The number of anilines is 1. The van der Waals surface area contributed by atoms with Crippen molar-refractivity contribution in [1.82, 2.24) is 0 Å². The largest absolute Gasteiger partial charge is 0.478 e. The number of amides is 2. The highest BCUT2D eigenvalue weighted by molar-refractivity contribution is 7.17. The molecule has 1 heterocycles. The first-order valence-electron chi connectivity index (χ1n) is 8.78. The zero-order valence-electron chi connectivity index (χ0n) is 15.3. The lowest BCUT2D eigenvalue weighted by Crippen LogP contribution is -2.42. The van der Waals surface area contributed by atoms with Crippen molar-refractivity contribution in [3.63, 3.8) is 0 Å². The zero-order valence-corrected chi connectivity index (χ0v) is 16.1. The number of rotatable bonds is 5. The van der Waals surface area contributed by atoms with Gasteiger partial charge >= 0.3 is 0 Å². The third-order valence-electron chi connectivity index (χ3n) is 4.65. The average molecular weight is 372 g/mol. The van der Waals surface area contributed by atoms with E-state index in [-0.39, 0.29) is 5.91 Å². The van der Waals surface area contributed by atoms with Crippen LogP contribution in [0.25, 0.3) is 0 Å². The van der Waals surface area contributed by atoms with Gasteiger partial charge in [0.05, 0.1) is 5.56 Å². The quantitative estimate of drug-likeness (QED) is 0.838. The molecule has 1 aliphatic carbocycles. The number of carbonyl (C=O) groups excluding carboxylic acids is 2. The predicted molar refractivity (Wildman–Crippen MR) is 104 cm³/mol. The van der Waals surface area contributed by atoms with Gasteiger partial charge in [0.15, 0.2) is 5.60 Å². The summed E-state index contributed by atoms with van der Waals surface area (Å²) in [7, 11) is 0. The van der Waals surface area contributed by atoms with Crippen LogP contribution in [0.2, 0.25) is 0 Å². The maximum Gasteiger partial charge on any atom is 0.268 e. The van der Waals surface area contributed by atoms with Crippen molar-refractivity contribution in [2.24, 2.45) is 11.7 Å². The number of benzene rings is 1. The minimum atomic E-state index is -1.09. The van der Waals surface area contributed by atoms with Crippen LogP contribution in [0.5, 0.6) is 5.75 Å². The Balaban J connectivity index is 1.84. The first-order chi connectivity index (χ1) is 12.3. The van der Waals surface area contributed by atoms with E-state index in [0.29, 0.717) is 22.2 Å². The van der Waals surface area contributed by atoms with E-state index in [0.717, 1.165) is 29.7 Å². The number of ether oxygens (including phenoxy) is 1. The van der Waals surface area contributed by atoms with E-state index < -0.39 is 11.5 Å². The Morgan fingerprint density at radius 2 is 1.96 bits per heavy atom. The van der Waals surface area contributed by atoms with E-state index in [1.807, 2.05) is 18.2 Å². The molecule has 0 spiro atoms. The molecule has 5 nitrogen and oxygen atoms in total.